The lowest BCUT2D eigenvalue weighted by Crippen LogP contribution is -2.39. The van der Waals surface area contributed by atoms with Gasteiger partial charge in [-0.25, -0.2) is 9.78 Å². The molecule has 31 heavy (non-hydrogen) atoms. The first-order valence-electron chi connectivity index (χ1n) is 10.1. The zero-order chi connectivity index (χ0) is 22.1. The van der Waals surface area contributed by atoms with Crippen LogP contribution < -0.4 is 16.0 Å². The van der Waals surface area contributed by atoms with Crippen LogP contribution in [-0.2, 0) is 17.6 Å². The molecule has 0 aliphatic heterocycles. The van der Waals surface area contributed by atoms with Gasteiger partial charge in [0.25, 0.3) is 0 Å². The molecule has 1 aromatic heterocycles. The van der Waals surface area contributed by atoms with Gasteiger partial charge in [0.15, 0.2) is 5.96 Å². The SMILES string of the molecule is CN=C(NCCc1ccc(NC(=O)OC(C)(C)C)cc1)NCCc1sc(C)nc1C.I. The fourth-order valence-electron chi connectivity index (χ4n) is 2.82. The van der Waals surface area contributed by atoms with Crippen molar-refractivity contribution in [3.05, 3.63) is 45.4 Å². The second kappa shape index (κ2) is 12.8. The highest BCUT2D eigenvalue weighted by Gasteiger charge is 2.16. The van der Waals surface area contributed by atoms with Crippen molar-refractivity contribution in [2.24, 2.45) is 4.99 Å². The minimum atomic E-state index is -0.513. The molecule has 0 saturated heterocycles. The summed E-state index contributed by atoms with van der Waals surface area (Å²) in [6.45, 7) is 11.2. The van der Waals surface area contributed by atoms with E-state index in [2.05, 4.69) is 32.9 Å². The Morgan fingerprint density at radius 3 is 2.23 bits per heavy atom. The molecule has 3 N–H and O–H groups in total. The van der Waals surface area contributed by atoms with Crippen LogP contribution in [0.3, 0.4) is 0 Å². The summed E-state index contributed by atoms with van der Waals surface area (Å²) in [7, 11) is 1.77. The molecule has 1 aromatic carbocycles. The van der Waals surface area contributed by atoms with E-state index >= 15 is 0 Å². The second-order valence-electron chi connectivity index (χ2n) is 7.99. The number of anilines is 1. The third-order valence-corrected chi connectivity index (χ3v) is 5.31. The van der Waals surface area contributed by atoms with Crippen molar-refractivity contribution >= 4 is 53.1 Å². The quantitative estimate of drug-likeness (QED) is 0.261. The number of amides is 1. The minimum absolute atomic E-state index is 0. The van der Waals surface area contributed by atoms with E-state index in [1.165, 1.54) is 10.4 Å². The van der Waals surface area contributed by atoms with Gasteiger partial charge in [-0.1, -0.05) is 12.1 Å². The molecular formula is C22H34IN5O2S. The lowest BCUT2D eigenvalue weighted by Gasteiger charge is -2.19. The molecule has 0 saturated carbocycles. The summed E-state index contributed by atoms with van der Waals surface area (Å²) < 4.78 is 5.26. The Morgan fingerprint density at radius 2 is 1.71 bits per heavy atom. The van der Waals surface area contributed by atoms with E-state index < -0.39 is 11.7 Å². The van der Waals surface area contributed by atoms with Gasteiger partial charge in [-0.15, -0.1) is 35.3 Å². The number of benzene rings is 1. The maximum atomic E-state index is 11.8. The van der Waals surface area contributed by atoms with Crippen LogP contribution in [0.25, 0.3) is 0 Å². The molecule has 0 aliphatic carbocycles. The summed E-state index contributed by atoms with van der Waals surface area (Å²) >= 11 is 1.75. The molecule has 9 heteroatoms. The monoisotopic (exact) mass is 559 g/mol. The number of nitrogens with zero attached hydrogens (tertiary/aromatic N) is 2. The van der Waals surface area contributed by atoms with Crippen molar-refractivity contribution in [2.75, 3.05) is 25.5 Å². The van der Waals surface area contributed by atoms with Gasteiger partial charge in [0.1, 0.15) is 5.60 Å². The van der Waals surface area contributed by atoms with Crippen molar-refractivity contribution in [2.45, 2.75) is 53.1 Å². The van der Waals surface area contributed by atoms with Gasteiger partial charge in [-0.3, -0.25) is 10.3 Å². The first-order chi connectivity index (χ1) is 14.2. The maximum Gasteiger partial charge on any atom is 0.412 e. The van der Waals surface area contributed by atoms with E-state index in [4.69, 9.17) is 4.74 Å². The van der Waals surface area contributed by atoms with Gasteiger partial charge in [-0.2, -0.15) is 0 Å². The number of ether oxygens (including phenoxy) is 1. The molecule has 2 aromatic rings. The molecular weight excluding hydrogens is 525 g/mol. The van der Waals surface area contributed by atoms with Crippen molar-refractivity contribution in [3.63, 3.8) is 0 Å². The zero-order valence-corrected chi connectivity index (χ0v) is 22.3. The number of aliphatic imine (C=N–C) groups is 1. The van der Waals surface area contributed by atoms with Crippen LogP contribution in [0.15, 0.2) is 29.3 Å². The number of halogens is 1. The molecule has 1 heterocycles. The molecule has 0 unspecified atom stereocenters. The lowest BCUT2D eigenvalue weighted by atomic mass is 10.1. The molecule has 2 rings (SSSR count). The number of carbonyl (C=O) groups excluding carboxylic acids is 1. The summed E-state index contributed by atoms with van der Waals surface area (Å²) in [6.07, 6.45) is 1.33. The molecule has 172 valence electrons. The first-order valence-corrected chi connectivity index (χ1v) is 10.9. The summed E-state index contributed by atoms with van der Waals surface area (Å²) in [5.41, 5.74) is 2.49. The number of thiazole rings is 1. The molecule has 1 amide bonds. The third-order valence-electron chi connectivity index (χ3n) is 4.17. The van der Waals surface area contributed by atoms with Gasteiger partial charge in [0.05, 0.1) is 10.7 Å². The topological polar surface area (TPSA) is 87.6 Å². The Kier molecular flexibility index (Phi) is 11.3. The predicted octanol–water partition coefficient (Wildman–Crippen LogP) is 4.68. The van der Waals surface area contributed by atoms with Crippen molar-refractivity contribution < 1.29 is 9.53 Å². The van der Waals surface area contributed by atoms with Gasteiger partial charge in [0, 0.05) is 37.1 Å². The Balaban J connectivity index is 0.00000480. The molecule has 7 nitrogen and oxygen atoms in total. The molecule has 0 spiro atoms. The van der Waals surface area contributed by atoms with E-state index in [1.54, 1.807) is 18.4 Å². The third kappa shape index (κ3) is 10.3. The fourth-order valence-corrected chi connectivity index (χ4v) is 3.76. The summed E-state index contributed by atoms with van der Waals surface area (Å²) in [4.78, 5) is 21.9. The van der Waals surface area contributed by atoms with Gasteiger partial charge in [0.2, 0.25) is 0 Å². The van der Waals surface area contributed by atoms with Crippen LogP contribution in [0.5, 0.6) is 0 Å². The van der Waals surface area contributed by atoms with E-state index in [1.807, 2.05) is 52.0 Å². The van der Waals surface area contributed by atoms with E-state index in [0.717, 1.165) is 42.6 Å². The van der Waals surface area contributed by atoms with Gasteiger partial charge >= 0.3 is 6.09 Å². The summed E-state index contributed by atoms with van der Waals surface area (Å²) in [6, 6.07) is 7.76. The minimum Gasteiger partial charge on any atom is -0.444 e. The number of aryl methyl sites for hydroxylation is 2. The Hall–Kier alpha value is -1.88. The maximum absolute atomic E-state index is 11.8. The standard InChI is InChI=1S/C22H33N5O2S.HI/c1-15-19(30-16(2)26-15)12-14-25-20(23-6)24-13-11-17-7-9-18(10-8-17)27-21(28)29-22(3,4)5;/h7-10H,11-14H2,1-6H3,(H,27,28)(H2,23,24,25);1H. The number of hydrogen-bond acceptors (Lipinski definition) is 5. The second-order valence-corrected chi connectivity index (χ2v) is 9.28. The highest BCUT2D eigenvalue weighted by atomic mass is 127. The van der Waals surface area contributed by atoms with Gasteiger partial charge in [-0.05, 0) is 58.7 Å². The number of nitrogens with one attached hydrogen (secondary N) is 3. The highest BCUT2D eigenvalue weighted by molar-refractivity contribution is 14.0. The lowest BCUT2D eigenvalue weighted by molar-refractivity contribution is 0.0636. The van der Waals surface area contributed by atoms with Crippen LogP contribution >= 0.6 is 35.3 Å². The van der Waals surface area contributed by atoms with Crippen LogP contribution in [0, 0.1) is 13.8 Å². The number of carbonyl (C=O) groups is 1. The van der Waals surface area contributed by atoms with Crippen molar-refractivity contribution in [3.8, 4) is 0 Å². The van der Waals surface area contributed by atoms with Crippen molar-refractivity contribution in [1.29, 1.82) is 0 Å². The molecule has 0 fully saturated rings. The zero-order valence-electron chi connectivity index (χ0n) is 19.2. The van der Waals surface area contributed by atoms with Crippen LogP contribution in [0.1, 0.15) is 41.9 Å². The fraction of sp³-hybridized carbons (Fsp3) is 0.500. The smallest absolute Gasteiger partial charge is 0.412 e. The number of guanidine groups is 1. The van der Waals surface area contributed by atoms with E-state index in [-0.39, 0.29) is 24.0 Å². The van der Waals surface area contributed by atoms with Crippen LogP contribution in [0.4, 0.5) is 10.5 Å². The predicted molar refractivity (Wildman–Crippen MR) is 140 cm³/mol. The molecule has 0 atom stereocenters. The number of rotatable bonds is 7. The molecule has 0 bridgehead atoms. The largest absolute Gasteiger partial charge is 0.444 e. The summed E-state index contributed by atoms with van der Waals surface area (Å²) in [5, 5.41) is 10.5. The van der Waals surface area contributed by atoms with Crippen molar-refractivity contribution in [1.82, 2.24) is 15.6 Å². The number of aromatic nitrogens is 1. The van der Waals surface area contributed by atoms with E-state index in [9.17, 15) is 4.79 Å². The highest BCUT2D eigenvalue weighted by Crippen LogP contribution is 2.17. The van der Waals surface area contributed by atoms with Crippen LogP contribution in [0.2, 0.25) is 0 Å². The Labute approximate surface area is 206 Å². The van der Waals surface area contributed by atoms with Crippen LogP contribution in [-0.4, -0.2) is 42.8 Å². The average Bonchev–Trinajstić information content (AvgIpc) is 2.97. The Morgan fingerprint density at radius 1 is 1.10 bits per heavy atom. The van der Waals surface area contributed by atoms with Gasteiger partial charge < -0.3 is 15.4 Å². The normalized spacial score (nSPS) is 11.5. The Bertz CT molecular complexity index is 860. The number of hydrogen-bond donors (Lipinski definition) is 3. The summed E-state index contributed by atoms with van der Waals surface area (Å²) in [5.74, 6) is 0.789. The first kappa shape index (κ1) is 27.2. The average molecular weight is 560 g/mol. The molecule has 0 aliphatic rings. The van der Waals surface area contributed by atoms with E-state index in [0.29, 0.717) is 5.69 Å². The molecule has 0 radical (unpaired) electrons.